The van der Waals surface area contributed by atoms with Crippen LogP contribution in [0.15, 0.2) is 30.3 Å². The molecule has 0 bridgehead atoms. The van der Waals surface area contributed by atoms with E-state index in [9.17, 15) is 20.4 Å². The highest BCUT2D eigenvalue weighted by Crippen LogP contribution is 2.40. The molecule has 8 heteroatoms. The van der Waals surface area contributed by atoms with Crippen LogP contribution >= 0.6 is 0 Å². The lowest BCUT2D eigenvalue weighted by atomic mass is 10.0. The number of phenols is 1. The van der Waals surface area contributed by atoms with Crippen molar-refractivity contribution in [1.82, 2.24) is 0 Å². The summed E-state index contributed by atoms with van der Waals surface area (Å²) in [6.07, 6.45) is -2.97. The third-order valence-corrected chi connectivity index (χ3v) is 4.32. The maximum absolute atomic E-state index is 10.7. The smallest absolute Gasteiger partial charge is 0.200 e. The monoisotopic (exact) mass is 394 g/mol. The van der Waals surface area contributed by atoms with Gasteiger partial charge in [-0.2, -0.15) is 0 Å². The predicted octanol–water partition coefficient (Wildman–Crippen LogP) is 1.94. The van der Waals surface area contributed by atoms with Crippen molar-refractivity contribution in [2.75, 3.05) is 27.9 Å². The molecule has 3 atom stereocenters. The van der Waals surface area contributed by atoms with Crippen LogP contribution in [0.5, 0.6) is 28.7 Å². The molecular formula is C20H26O8. The van der Waals surface area contributed by atoms with E-state index in [1.807, 2.05) is 0 Å². The molecule has 0 heterocycles. The molecule has 0 aliphatic heterocycles. The lowest BCUT2D eigenvalue weighted by Gasteiger charge is -2.25. The Hall–Kier alpha value is -2.68. The van der Waals surface area contributed by atoms with Gasteiger partial charge in [0.15, 0.2) is 29.1 Å². The third kappa shape index (κ3) is 4.59. The highest BCUT2D eigenvalue weighted by Gasteiger charge is 2.26. The van der Waals surface area contributed by atoms with Crippen molar-refractivity contribution in [3.8, 4) is 28.7 Å². The number of benzene rings is 2. The molecule has 0 aliphatic carbocycles. The van der Waals surface area contributed by atoms with E-state index in [1.165, 1.54) is 33.5 Å². The fourth-order valence-electron chi connectivity index (χ4n) is 2.71. The zero-order valence-corrected chi connectivity index (χ0v) is 16.2. The van der Waals surface area contributed by atoms with Gasteiger partial charge in [-0.25, -0.2) is 0 Å². The summed E-state index contributed by atoms with van der Waals surface area (Å²) in [6.45, 7) is 1.13. The summed E-state index contributed by atoms with van der Waals surface area (Å²) in [5, 5.41) is 40.2. The first-order chi connectivity index (χ1) is 13.4. The van der Waals surface area contributed by atoms with Crippen LogP contribution in [0.1, 0.15) is 30.3 Å². The van der Waals surface area contributed by atoms with Crippen LogP contribution in [0.2, 0.25) is 0 Å². The quantitative estimate of drug-likeness (QED) is 0.510. The van der Waals surface area contributed by atoms with Crippen molar-refractivity contribution < 1.29 is 39.4 Å². The topological polar surface area (TPSA) is 118 Å². The number of aliphatic hydroxyl groups is 3. The Balaban J connectivity index is 2.33. The van der Waals surface area contributed by atoms with Crippen LogP contribution in [0, 0.1) is 0 Å². The van der Waals surface area contributed by atoms with E-state index in [4.69, 9.17) is 18.9 Å². The summed E-state index contributed by atoms with van der Waals surface area (Å²) >= 11 is 0. The molecule has 0 amide bonds. The fraction of sp³-hybridized carbons (Fsp3) is 0.400. The molecule has 2 rings (SSSR count). The SMILES string of the molecule is COc1cc(C(C)O)ccc1O[C@H](CO)[C@H](O)c1cc(OC)c(O)c(OC)c1. The number of aliphatic hydroxyl groups excluding tert-OH is 3. The van der Waals surface area contributed by atoms with E-state index in [2.05, 4.69) is 0 Å². The molecular weight excluding hydrogens is 368 g/mol. The number of aromatic hydroxyl groups is 1. The molecule has 0 spiro atoms. The molecule has 0 aliphatic rings. The van der Waals surface area contributed by atoms with Crippen molar-refractivity contribution in [3.05, 3.63) is 41.5 Å². The van der Waals surface area contributed by atoms with E-state index >= 15 is 0 Å². The minimum Gasteiger partial charge on any atom is -0.502 e. The van der Waals surface area contributed by atoms with Crippen molar-refractivity contribution in [2.45, 2.75) is 25.2 Å². The summed E-state index contributed by atoms with van der Waals surface area (Å²) in [4.78, 5) is 0. The van der Waals surface area contributed by atoms with E-state index in [-0.39, 0.29) is 17.2 Å². The molecule has 154 valence electrons. The van der Waals surface area contributed by atoms with Crippen LogP contribution in [0.3, 0.4) is 0 Å². The van der Waals surface area contributed by atoms with Crippen molar-refractivity contribution in [1.29, 1.82) is 0 Å². The van der Waals surface area contributed by atoms with Gasteiger partial charge in [0, 0.05) is 0 Å². The average molecular weight is 394 g/mol. The van der Waals surface area contributed by atoms with Gasteiger partial charge in [-0.1, -0.05) is 6.07 Å². The summed E-state index contributed by atoms with van der Waals surface area (Å²) < 4.78 is 21.2. The molecule has 2 aromatic rings. The number of phenolic OH excluding ortho intramolecular Hbond substituents is 1. The highest BCUT2D eigenvalue weighted by molar-refractivity contribution is 5.53. The number of hydrogen-bond donors (Lipinski definition) is 4. The molecule has 4 N–H and O–H groups in total. The Labute approximate surface area is 163 Å². The molecule has 2 aromatic carbocycles. The Morgan fingerprint density at radius 2 is 1.36 bits per heavy atom. The third-order valence-electron chi connectivity index (χ3n) is 4.32. The molecule has 0 saturated carbocycles. The second-order valence-electron chi connectivity index (χ2n) is 6.14. The highest BCUT2D eigenvalue weighted by atomic mass is 16.5. The maximum atomic E-state index is 10.7. The first-order valence-electron chi connectivity index (χ1n) is 8.62. The number of methoxy groups -OCH3 is 3. The minimum absolute atomic E-state index is 0.115. The Kier molecular flexibility index (Phi) is 7.33. The van der Waals surface area contributed by atoms with Gasteiger partial charge < -0.3 is 39.4 Å². The second-order valence-corrected chi connectivity index (χ2v) is 6.14. The average Bonchev–Trinajstić information content (AvgIpc) is 2.71. The van der Waals surface area contributed by atoms with Crippen molar-refractivity contribution >= 4 is 0 Å². The Morgan fingerprint density at radius 1 is 0.821 bits per heavy atom. The van der Waals surface area contributed by atoms with Gasteiger partial charge in [-0.15, -0.1) is 0 Å². The molecule has 28 heavy (non-hydrogen) atoms. The lowest BCUT2D eigenvalue weighted by Crippen LogP contribution is -2.29. The van der Waals surface area contributed by atoms with Gasteiger partial charge in [0.2, 0.25) is 5.75 Å². The Bertz CT molecular complexity index is 765. The van der Waals surface area contributed by atoms with Crippen molar-refractivity contribution in [3.63, 3.8) is 0 Å². The summed E-state index contributed by atoms with van der Waals surface area (Å²) in [6, 6.07) is 7.74. The van der Waals surface area contributed by atoms with Crippen LogP contribution < -0.4 is 18.9 Å². The summed E-state index contributed by atoms with van der Waals surface area (Å²) in [5.74, 6) is 0.679. The van der Waals surface area contributed by atoms with Crippen LogP contribution in [0.4, 0.5) is 0 Å². The van der Waals surface area contributed by atoms with Crippen LogP contribution in [0.25, 0.3) is 0 Å². The molecule has 1 unspecified atom stereocenters. The van der Waals surface area contributed by atoms with E-state index in [0.717, 1.165) is 0 Å². The predicted molar refractivity (Wildman–Crippen MR) is 101 cm³/mol. The second kappa shape index (κ2) is 9.50. The maximum Gasteiger partial charge on any atom is 0.200 e. The minimum atomic E-state index is -1.26. The summed E-state index contributed by atoms with van der Waals surface area (Å²) in [5.41, 5.74) is 0.962. The van der Waals surface area contributed by atoms with Crippen molar-refractivity contribution in [2.24, 2.45) is 0 Å². The number of ether oxygens (including phenoxy) is 4. The van der Waals surface area contributed by atoms with Gasteiger partial charge in [-0.3, -0.25) is 0 Å². The van der Waals surface area contributed by atoms with Crippen LogP contribution in [-0.2, 0) is 0 Å². The zero-order chi connectivity index (χ0) is 20.8. The van der Waals surface area contributed by atoms with Crippen LogP contribution in [-0.4, -0.2) is 54.5 Å². The first-order valence-corrected chi connectivity index (χ1v) is 8.62. The largest absolute Gasteiger partial charge is 0.502 e. The first kappa shape index (κ1) is 21.6. The van der Waals surface area contributed by atoms with E-state index < -0.39 is 24.9 Å². The summed E-state index contributed by atoms with van der Waals surface area (Å²) in [7, 11) is 4.20. The van der Waals surface area contributed by atoms with E-state index in [0.29, 0.717) is 22.6 Å². The molecule has 0 aromatic heterocycles. The fourth-order valence-corrected chi connectivity index (χ4v) is 2.71. The van der Waals surface area contributed by atoms with Gasteiger partial charge >= 0.3 is 0 Å². The lowest BCUT2D eigenvalue weighted by molar-refractivity contribution is -0.000652. The molecule has 0 radical (unpaired) electrons. The molecule has 8 nitrogen and oxygen atoms in total. The molecule has 0 fully saturated rings. The van der Waals surface area contributed by atoms with E-state index in [1.54, 1.807) is 25.1 Å². The Morgan fingerprint density at radius 3 is 1.82 bits per heavy atom. The van der Waals surface area contributed by atoms with Gasteiger partial charge in [0.05, 0.1) is 34.0 Å². The zero-order valence-electron chi connectivity index (χ0n) is 16.2. The standard InChI is InChI=1S/C20H26O8/c1-11(22)12-5-6-14(15(7-12)25-2)28-18(10-21)19(23)13-8-16(26-3)20(24)17(9-13)27-4/h5-9,11,18-19,21-24H,10H2,1-4H3/t11?,18-,19-/m1/s1. The normalized spacial score (nSPS) is 14.1. The molecule has 0 saturated heterocycles. The van der Waals surface area contributed by atoms with Gasteiger partial charge in [0.1, 0.15) is 6.10 Å². The number of rotatable bonds is 9. The van der Waals surface area contributed by atoms with Gasteiger partial charge in [0.25, 0.3) is 0 Å². The van der Waals surface area contributed by atoms with Gasteiger partial charge in [-0.05, 0) is 42.3 Å². The number of hydrogen-bond acceptors (Lipinski definition) is 8.